The predicted molar refractivity (Wildman–Crippen MR) is 127 cm³/mol. The van der Waals surface area contributed by atoms with Gasteiger partial charge in [0.05, 0.1) is 19.2 Å². The third kappa shape index (κ3) is 5.68. The summed E-state index contributed by atoms with van der Waals surface area (Å²) in [5.74, 6) is 2.15. The van der Waals surface area contributed by atoms with Crippen LogP contribution in [0, 0.1) is 0 Å². The Morgan fingerprint density at radius 2 is 1.97 bits per heavy atom. The number of carbonyl (C=O) groups excluding carboxylic acids is 1. The number of nitrogens with zero attached hydrogens (tertiary/aromatic N) is 3. The third-order valence-corrected chi connectivity index (χ3v) is 5.64. The number of carbonyl (C=O) groups is 1. The monoisotopic (exact) mass is 451 g/mol. The molecular weight excluding hydrogens is 426 g/mol. The van der Waals surface area contributed by atoms with E-state index < -0.39 is 0 Å². The highest BCUT2D eigenvalue weighted by Gasteiger charge is 2.22. The van der Waals surface area contributed by atoms with Crippen LogP contribution >= 0.6 is 11.6 Å². The summed E-state index contributed by atoms with van der Waals surface area (Å²) in [6, 6.07) is 17.1. The van der Waals surface area contributed by atoms with Crippen LogP contribution in [-0.4, -0.2) is 42.1 Å². The molecule has 0 bridgehead atoms. The summed E-state index contributed by atoms with van der Waals surface area (Å²) in [6.07, 6.45) is 3.77. The molecule has 2 aromatic carbocycles. The molecule has 1 aliphatic rings. The molecule has 166 valence electrons. The lowest BCUT2D eigenvalue weighted by atomic mass is 10.0. The topological polar surface area (TPSA) is 79.4 Å². The maximum Gasteiger partial charge on any atom is 0.227 e. The van der Waals surface area contributed by atoms with Crippen LogP contribution in [0.3, 0.4) is 0 Å². The maximum absolute atomic E-state index is 12.4. The molecule has 4 rings (SSSR count). The van der Waals surface area contributed by atoms with Gasteiger partial charge >= 0.3 is 0 Å². The van der Waals surface area contributed by atoms with Crippen LogP contribution in [0.4, 0.5) is 17.5 Å². The summed E-state index contributed by atoms with van der Waals surface area (Å²) in [4.78, 5) is 23.7. The molecule has 0 atom stereocenters. The molecule has 0 aliphatic carbocycles. The highest BCUT2D eigenvalue weighted by molar-refractivity contribution is 6.30. The van der Waals surface area contributed by atoms with Crippen LogP contribution in [0.25, 0.3) is 0 Å². The molecule has 0 spiro atoms. The fourth-order valence-electron chi connectivity index (χ4n) is 3.79. The van der Waals surface area contributed by atoms with Crippen LogP contribution in [0.2, 0.25) is 5.02 Å². The van der Waals surface area contributed by atoms with Crippen molar-refractivity contribution < 1.29 is 9.53 Å². The Morgan fingerprint density at radius 1 is 1.16 bits per heavy atom. The summed E-state index contributed by atoms with van der Waals surface area (Å²) in [5.41, 5.74) is 1.76. The van der Waals surface area contributed by atoms with E-state index >= 15 is 0 Å². The van der Waals surface area contributed by atoms with Gasteiger partial charge in [0, 0.05) is 30.4 Å². The van der Waals surface area contributed by atoms with Crippen molar-refractivity contribution in [3.8, 4) is 5.75 Å². The molecule has 1 aliphatic heterocycles. The van der Waals surface area contributed by atoms with Gasteiger partial charge in [-0.25, -0.2) is 4.98 Å². The second kappa shape index (κ2) is 10.3. The number of anilines is 3. The average Bonchev–Trinajstić information content (AvgIpc) is 2.80. The van der Waals surface area contributed by atoms with E-state index in [0.29, 0.717) is 23.2 Å². The lowest BCUT2D eigenvalue weighted by Gasteiger charge is -2.32. The second-order valence-corrected chi connectivity index (χ2v) is 8.14. The molecule has 0 radical (unpaired) electrons. The molecule has 0 unspecified atom stereocenters. The van der Waals surface area contributed by atoms with E-state index in [1.165, 1.54) is 0 Å². The zero-order chi connectivity index (χ0) is 22.3. The van der Waals surface area contributed by atoms with Gasteiger partial charge < -0.3 is 20.3 Å². The quantitative estimate of drug-likeness (QED) is 0.560. The number of benzene rings is 2. The van der Waals surface area contributed by atoms with Crippen LogP contribution in [0.15, 0.2) is 60.8 Å². The van der Waals surface area contributed by atoms with Gasteiger partial charge in [-0.3, -0.25) is 4.79 Å². The average molecular weight is 452 g/mol. The minimum Gasteiger partial charge on any atom is -0.495 e. The number of amides is 1. The van der Waals surface area contributed by atoms with E-state index in [-0.39, 0.29) is 11.9 Å². The Labute approximate surface area is 192 Å². The van der Waals surface area contributed by atoms with Gasteiger partial charge in [-0.2, -0.15) is 4.98 Å². The van der Waals surface area contributed by atoms with E-state index in [1.807, 2.05) is 54.6 Å². The highest BCUT2D eigenvalue weighted by Crippen LogP contribution is 2.27. The number of piperidine rings is 1. The molecule has 2 heterocycles. The number of nitrogens with one attached hydrogen (secondary N) is 2. The van der Waals surface area contributed by atoms with Gasteiger partial charge in [0.1, 0.15) is 11.6 Å². The minimum absolute atomic E-state index is 0.0185. The van der Waals surface area contributed by atoms with E-state index in [9.17, 15) is 4.79 Å². The first-order chi connectivity index (χ1) is 15.6. The van der Waals surface area contributed by atoms with Crippen molar-refractivity contribution in [1.82, 2.24) is 15.3 Å². The van der Waals surface area contributed by atoms with Crippen LogP contribution in [0.1, 0.15) is 18.4 Å². The smallest absolute Gasteiger partial charge is 0.227 e. The number of halogens is 1. The summed E-state index contributed by atoms with van der Waals surface area (Å²) in [7, 11) is 1.64. The number of para-hydroxylation sites is 2. The van der Waals surface area contributed by atoms with Crippen LogP contribution in [-0.2, 0) is 11.2 Å². The summed E-state index contributed by atoms with van der Waals surface area (Å²) < 4.78 is 5.39. The molecule has 1 amide bonds. The van der Waals surface area contributed by atoms with E-state index in [4.69, 9.17) is 16.3 Å². The molecule has 1 fully saturated rings. The van der Waals surface area contributed by atoms with Gasteiger partial charge in [-0.05, 0) is 48.7 Å². The van der Waals surface area contributed by atoms with Crippen molar-refractivity contribution in [2.24, 2.45) is 0 Å². The van der Waals surface area contributed by atoms with Crippen molar-refractivity contribution >= 4 is 35.0 Å². The van der Waals surface area contributed by atoms with E-state index in [0.717, 1.165) is 42.9 Å². The summed E-state index contributed by atoms with van der Waals surface area (Å²) in [6.45, 7) is 1.56. The van der Waals surface area contributed by atoms with Crippen molar-refractivity contribution in [2.75, 3.05) is 30.4 Å². The van der Waals surface area contributed by atoms with E-state index in [1.54, 1.807) is 13.3 Å². The number of rotatable bonds is 7. The zero-order valence-corrected chi connectivity index (χ0v) is 18.7. The molecule has 2 N–H and O–H groups in total. The van der Waals surface area contributed by atoms with Crippen molar-refractivity contribution in [3.63, 3.8) is 0 Å². The molecule has 3 aromatic rings. The predicted octanol–water partition coefficient (Wildman–Crippen LogP) is 4.21. The maximum atomic E-state index is 12.4. The van der Waals surface area contributed by atoms with Crippen molar-refractivity contribution in [3.05, 3.63) is 71.4 Å². The first kappa shape index (κ1) is 21.9. The Kier molecular flexibility index (Phi) is 7.07. The molecule has 1 aromatic heterocycles. The fraction of sp³-hybridized carbons (Fsp3) is 0.292. The van der Waals surface area contributed by atoms with Crippen molar-refractivity contribution in [1.29, 1.82) is 0 Å². The number of ether oxygens (including phenoxy) is 1. The number of hydrogen-bond donors (Lipinski definition) is 2. The fourth-order valence-corrected chi connectivity index (χ4v) is 4.00. The molecule has 0 saturated carbocycles. The Bertz CT molecular complexity index is 1070. The largest absolute Gasteiger partial charge is 0.495 e. The molecular formula is C24H26ClN5O2. The number of methoxy groups -OCH3 is 1. The standard InChI is InChI=1S/C24H26ClN5O2/c1-32-21-8-3-2-7-20(21)28-22-9-12-26-24(29-22)30-13-10-19(11-14-30)27-23(31)16-17-5-4-6-18(25)15-17/h2-9,12,15,19H,10-11,13-14,16H2,1H3,(H,27,31)(H,26,28,29). The molecule has 1 saturated heterocycles. The van der Waals surface area contributed by atoms with E-state index in [2.05, 4.69) is 25.5 Å². The zero-order valence-electron chi connectivity index (χ0n) is 17.9. The Hall–Kier alpha value is -3.32. The lowest BCUT2D eigenvalue weighted by molar-refractivity contribution is -0.121. The van der Waals surface area contributed by atoms with Gasteiger partial charge in [-0.1, -0.05) is 35.9 Å². The van der Waals surface area contributed by atoms with Crippen LogP contribution < -0.4 is 20.3 Å². The van der Waals surface area contributed by atoms with Gasteiger partial charge in [0.2, 0.25) is 11.9 Å². The van der Waals surface area contributed by atoms with Gasteiger partial charge in [-0.15, -0.1) is 0 Å². The highest BCUT2D eigenvalue weighted by atomic mass is 35.5. The van der Waals surface area contributed by atoms with Crippen molar-refractivity contribution in [2.45, 2.75) is 25.3 Å². The van der Waals surface area contributed by atoms with Gasteiger partial charge in [0.15, 0.2) is 0 Å². The lowest BCUT2D eigenvalue weighted by Crippen LogP contribution is -2.45. The first-order valence-electron chi connectivity index (χ1n) is 10.6. The molecule has 32 heavy (non-hydrogen) atoms. The first-order valence-corrected chi connectivity index (χ1v) is 11.0. The van der Waals surface area contributed by atoms with Crippen LogP contribution in [0.5, 0.6) is 5.75 Å². The Balaban J connectivity index is 1.31. The van der Waals surface area contributed by atoms with Gasteiger partial charge in [0.25, 0.3) is 0 Å². The molecule has 8 heteroatoms. The summed E-state index contributed by atoms with van der Waals surface area (Å²) >= 11 is 6.01. The summed E-state index contributed by atoms with van der Waals surface area (Å²) in [5, 5.41) is 7.08. The third-order valence-electron chi connectivity index (χ3n) is 5.41. The second-order valence-electron chi connectivity index (χ2n) is 7.70. The normalized spacial score (nSPS) is 14.1. The number of aromatic nitrogens is 2. The number of hydrogen-bond acceptors (Lipinski definition) is 6. The molecule has 7 nitrogen and oxygen atoms in total. The SMILES string of the molecule is COc1ccccc1Nc1ccnc(N2CCC(NC(=O)Cc3cccc(Cl)c3)CC2)n1. The Morgan fingerprint density at radius 3 is 2.75 bits per heavy atom. The minimum atomic E-state index is 0.0185.